The largest absolute Gasteiger partial charge is 0.494 e. The van der Waals surface area contributed by atoms with Crippen LogP contribution in [0.3, 0.4) is 0 Å². The Morgan fingerprint density at radius 3 is 1.92 bits per heavy atom. The van der Waals surface area contributed by atoms with Gasteiger partial charge in [0.25, 0.3) is 0 Å². The van der Waals surface area contributed by atoms with Crippen LogP contribution in [0.25, 0.3) is 5.57 Å². The highest BCUT2D eigenvalue weighted by Gasteiger charge is 2.38. The van der Waals surface area contributed by atoms with Crippen LogP contribution in [0, 0.1) is 0 Å². The van der Waals surface area contributed by atoms with Gasteiger partial charge in [-0.1, -0.05) is 116 Å². The maximum Gasteiger partial charge on any atom is 0.121 e. The number of ether oxygens (including phenoxy) is 1. The minimum absolute atomic E-state index is 0.532. The number of hydrogen-bond acceptors (Lipinski definition) is 2. The lowest BCUT2D eigenvalue weighted by Gasteiger charge is -2.37. The summed E-state index contributed by atoms with van der Waals surface area (Å²) in [5.41, 5.74) is 6.68. The monoisotopic (exact) mass is 512 g/mol. The summed E-state index contributed by atoms with van der Waals surface area (Å²) >= 11 is 0. The van der Waals surface area contributed by atoms with E-state index in [1.807, 2.05) is 12.4 Å². The second-order valence-corrected chi connectivity index (χ2v) is 9.73. The summed E-state index contributed by atoms with van der Waals surface area (Å²) in [5, 5.41) is 0. The summed E-state index contributed by atoms with van der Waals surface area (Å²) in [6.07, 6.45) is 9.11. The number of nitrogens with zero attached hydrogens (tertiary/aromatic N) is 2. The number of hydrogen-bond donors (Lipinski definition) is 0. The minimum Gasteiger partial charge on any atom is -0.494 e. The predicted octanol–water partition coefficient (Wildman–Crippen LogP) is 8.55. The lowest BCUT2D eigenvalue weighted by atomic mass is 9.77. The summed E-state index contributed by atoms with van der Waals surface area (Å²) in [4.78, 5) is 4.86. The standard InChI is InChI=1S/C36H36N2O/c1-3-29(4-2)30-16-14-24-35(26-30)39-25-15-23-34-27-38(28-37-34)36(31-17-8-5-9-18-31,32-19-10-6-11-20-32)33-21-12-7-13-22-33/h3,5-14,16-22,24,26-28H,4,15,23,25H2,1-2H3/b29-3+. The quantitative estimate of drug-likeness (QED) is 0.131. The zero-order valence-corrected chi connectivity index (χ0v) is 22.8. The third-order valence-electron chi connectivity index (χ3n) is 7.38. The van der Waals surface area contributed by atoms with Crippen LogP contribution in [0.2, 0.25) is 0 Å². The molecule has 4 aromatic carbocycles. The Kier molecular flexibility index (Phi) is 8.38. The first-order valence-electron chi connectivity index (χ1n) is 13.8. The zero-order chi connectivity index (χ0) is 26.9. The topological polar surface area (TPSA) is 27.1 Å². The van der Waals surface area contributed by atoms with Gasteiger partial charge in [0.1, 0.15) is 11.3 Å². The molecule has 0 spiro atoms. The van der Waals surface area contributed by atoms with E-state index in [2.05, 4.69) is 140 Å². The number of allylic oxidation sites excluding steroid dienone is 2. The van der Waals surface area contributed by atoms with Gasteiger partial charge >= 0.3 is 0 Å². The van der Waals surface area contributed by atoms with Gasteiger partial charge in [0.15, 0.2) is 0 Å². The fraction of sp³-hybridized carbons (Fsp3) is 0.194. The van der Waals surface area contributed by atoms with Crippen LogP contribution in [0.4, 0.5) is 0 Å². The fourth-order valence-corrected chi connectivity index (χ4v) is 5.47. The molecule has 1 aromatic heterocycles. The highest BCUT2D eigenvalue weighted by Crippen LogP contribution is 2.40. The molecule has 3 heteroatoms. The van der Waals surface area contributed by atoms with E-state index in [9.17, 15) is 0 Å². The molecule has 0 aliphatic rings. The second kappa shape index (κ2) is 12.4. The number of aryl methyl sites for hydroxylation is 1. The van der Waals surface area contributed by atoms with Crippen molar-refractivity contribution in [1.29, 1.82) is 0 Å². The van der Waals surface area contributed by atoms with Gasteiger partial charge in [-0.25, -0.2) is 4.98 Å². The zero-order valence-electron chi connectivity index (χ0n) is 22.8. The van der Waals surface area contributed by atoms with Crippen molar-refractivity contribution in [2.24, 2.45) is 0 Å². The van der Waals surface area contributed by atoms with Crippen molar-refractivity contribution >= 4 is 5.57 Å². The summed E-state index contributed by atoms with van der Waals surface area (Å²) in [6.45, 7) is 4.92. The van der Waals surface area contributed by atoms with Gasteiger partial charge in [0.05, 0.1) is 18.6 Å². The molecule has 5 aromatic rings. The average molecular weight is 513 g/mol. The van der Waals surface area contributed by atoms with Crippen LogP contribution < -0.4 is 4.74 Å². The van der Waals surface area contributed by atoms with Gasteiger partial charge < -0.3 is 9.30 Å². The van der Waals surface area contributed by atoms with Crippen molar-refractivity contribution in [1.82, 2.24) is 9.55 Å². The Morgan fingerprint density at radius 1 is 0.795 bits per heavy atom. The first kappa shape index (κ1) is 26.2. The first-order valence-corrected chi connectivity index (χ1v) is 13.8. The Hall–Kier alpha value is -4.37. The molecule has 0 amide bonds. The Labute approximate surface area is 232 Å². The molecule has 0 unspecified atom stereocenters. The van der Waals surface area contributed by atoms with E-state index in [-0.39, 0.29) is 0 Å². The van der Waals surface area contributed by atoms with Crippen LogP contribution in [0.15, 0.2) is 134 Å². The molecule has 0 atom stereocenters. The molecular weight excluding hydrogens is 476 g/mol. The van der Waals surface area contributed by atoms with E-state index in [1.54, 1.807) is 0 Å². The van der Waals surface area contributed by atoms with Crippen molar-refractivity contribution in [2.45, 2.75) is 38.6 Å². The number of aromatic nitrogens is 2. The first-order chi connectivity index (χ1) is 19.3. The van der Waals surface area contributed by atoms with Gasteiger partial charge in [-0.15, -0.1) is 0 Å². The Balaban J connectivity index is 1.40. The molecule has 0 fully saturated rings. The average Bonchev–Trinajstić information content (AvgIpc) is 3.47. The fourth-order valence-electron chi connectivity index (χ4n) is 5.47. The van der Waals surface area contributed by atoms with E-state index in [0.29, 0.717) is 6.61 Å². The Bertz CT molecular complexity index is 1390. The molecule has 5 rings (SSSR count). The maximum absolute atomic E-state index is 6.13. The number of benzene rings is 4. The lowest BCUT2D eigenvalue weighted by molar-refractivity contribution is 0.310. The normalized spacial score (nSPS) is 11.9. The van der Waals surface area contributed by atoms with Crippen LogP contribution in [0.5, 0.6) is 5.75 Å². The molecule has 0 N–H and O–H groups in total. The molecule has 0 saturated carbocycles. The van der Waals surface area contributed by atoms with Crippen molar-refractivity contribution in [3.63, 3.8) is 0 Å². The lowest BCUT2D eigenvalue weighted by Crippen LogP contribution is -2.36. The third kappa shape index (κ3) is 5.58. The molecule has 3 nitrogen and oxygen atoms in total. The van der Waals surface area contributed by atoms with Crippen molar-refractivity contribution in [3.8, 4) is 5.75 Å². The number of imidazole rings is 1. The summed E-state index contributed by atoms with van der Waals surface area (Å²) in [5.74, 6) is 0.919. The summed E-state index contributed by atoms with van der Waals surface area (Å²) < 4.78 is 8.40. The SMILES string of the molecule is C/C=C(\CC)c1cccc(OCCCc2cn(C(c3ccccc3)(c3ccccc3)c3ccccc3)cn2)c1. The van der Waals surface area contributed by atoms with Gasteiger partial charge in [0, 0.05) is 6.20 Å². The molecule has 196 valence electrons. The van der Waals surface area contributed by atoms with Crippen molar-refractivity contribution in [3.05, 3.63) is 162 Å². The molecule has 0 aliphatic carbocycles. The van der Waals surface area contributed by atoms with Crippen LogP contribution in [-0.2, 0) is 12.0 Å². The van der Waals surface area contributed by atoms with Crippen molar-refractivity contribution in [2.75, 3.05) is 6.61 Å². The molecule has 39 heavy (non-hydrogen) atoms. The van der Waals surface area contributed by atoms with Crippen LogP contribution >= 0.6 is 0 Å². The summed E-state index contributed by atoms with van der Waals surface area (Å²) in [6, 6.07) is 40.5. The van der Waals surface area contributed by atoms with E-state index in [0.717, 1.165) is 30.7 Å². The predicted molar refractivity (Wildman–Crippen MR) is 161 cm³/mol. The molecule has 0 bridgehead atoms. The van der Waals surface area contributed by atoms with E-state index in [1.165, 1.54) is 27.8 Å². The van der Waals surface area contributed by atoms with E-state index < -0.39 is 5.54 Å². The Morgan fingerprint density at radius 2 is 1.38 bits per heavy atom. The van der Waals surface area contributed by atoms with Gasteiger partial charge in [-0.3, -0.25) is 0 Å². The molecular formula is C36H36N2O. The van der Waals surface area contributed by atoms with Gasteiger partial charge in [-0.05, 0) is 66.1 Å². The molecule has 0 aliphatic heterocycles. The minimum atomic E-state index is -0.532. The number of rotatable bonds is 11. The highest BCUT2D eigenvalue weighted by atomic mass is 16.5. The maximum atomic E-state index is 6.13. The summed E-state index contributed by atoms with van der Waals surface area (Å²) in [7, 11) is 0. The molecule has 0 saturated heterocycles. The molecule has 1 heterocycles. The van der Waals surface area contributed by atoms with Crippen LogP contribution in [-0.4, -0.2) is 16.2 Å². The van der Waals surface area contributed by atoms with E-state index >= 15 is 0 Å². The second-order valence-electron chi connectivity index (χ2n) is 9.73. The van der Waals surface area contributed by atoms with E-state index in [4.69, 9.17) is 9.72 Å². The van der Waals surface area contributed by atoms with Crippen molar-refractivity contribution < 1.29 is 4.74 Å². The van der Waals surface area contributed by atoms with Gasteiger partial charge in [-0.2, -0.15) is 0 Å². The molecule has 0 radical (unpaired) electrons. The smallest absolute Gasteiger partial charge is 0.121 e. The highest BCUT2D eigenvalue weighted by molar-refractivity contribution is 5.66. The third-order valence-corrected chi connectivity index (χ3v) is 7.38. The van der Waals surface area contributed by atoms with Gasteiger partial charge in [0.2, 0.25) is 0 Å². The van der Waals surface area contributed by atoms with Crippen LogP contribution in [0.1, 0.15) is 54.6 Å².